The number of hydrogen-bond donors (Lipinski definition) is 1. The fourth-order valence-corrected chi connectivity index (χ4v) is 2.07. The van der Waals surface area contributed by atoms with E-state index < -0.39 is 23.2 Å². The molecule has 0 radical (unpaired) electrons. The molecule has 0 saturated heterocycles. The smallest absolute Gasteiger partial charge is 0.200 e. The van der Waals surface area contributed by atoms with Crippen molar-refractivity contribution in [1.29, 1.82) is 0 Å². The molecule has 0 amide bonds. The van der Waals surface area contributed by atoms with Gasteiger partial charge in [0.25, 0.3) is 0 Å². The predicted octanol–water partition coefficient (Wildman–Crippen LogP) is 6.39. The highest BCUT2D eigenvalue weighted by Gasteiger charge is 2.15. The average Bonchev–Trinajstić information content (AvgIpc) is 2.63. The van der Waals surface area contributed by atoms with Gasteiger partial charge in [-0.15, -0.1) is 0 Å². The second-order valence-electron chi connectivity index (χ2n) is 5.76. The number of ether oxygens (including phenoxy) is 1. The van der Waals surface area contributed by atoms with Crippen molar-refractivity contribution in [3.63, 3.8) is 0 Å². The number of benzene rings is 1. The van der Waals surface area contributed by atoms with Crippen molar-refractivity contribution in [2.24, 2.45) is 0 Å². The van der Waals surface area contributed by atoms with Crippen LogP contribution in [-0.4, -0.2) is 11.7 Å². The molecule has 144 valence electrons. The largest absolute Gasteiger partial charge is 0.508 e. The number of halogens is 3. The minimum Gasteiger partial charge on any atom is -0.508 e. The van der Waals surface area contributed by atoms with Crippen LogP contribution in [0.3, 0.4) is 0 Å². The Balaban J connectivity index is 2.68. The molecule has 27 heavy (non-hydrogen) atoms. The summed E-state index contributed by atoms with van der Waals surface area (Å²) in [5.41, 5.74) is 1.00. The zero-order valence-corrected chi connectivity index (χ0v) is 15.3. The van der Waals surface area contributed by atoms with Gasteiger partial charge in [0.05, 0.1) is 6.61 Å². The Morgan fingerprint density at radius 2 is 1.78 bits per heavy atom. The Labute approximate surface area is 158 Å². The first-order chi connectivity index (χ1) is 12.7. The minimum absolute atomic E-state index is 0.140. The SMILES string of the molecule is C=C(/C=C\C(=C)C(=C)/C(F)=C(/F)C(=C)OCC)CCc1ccc(O)cc1F. The lowest BCUT2D eigenvalue weighted by Gasteiger charge is -2.08. The van der Waals surface area contributed by atoms with Crippen LogP contribution in [0.5, 0.6) is 5.75 Å². The highest BCUT2D eigenvalue weighted by molar-refractivity contribution is 5.49. The zero-order valence-electron chi connectivity index (χ0n) is 15.3. The zero-order chi connectivity index (χ0) is 20.6. The van der Waals surface area contributed by atoms with Gasteiger partial charge in [0.15, 0.2) is 11.6 Å². The van der Waals surface area contributed by atoms with E-state index in [0.29, 0.717) is 24.0 Å². The van der Waals surface area contributed by atoms with Crippen molar-refractivity contribution in [3.8, 4) is 5.75 Å². The number of aromatic hydroxyl groups is 1. The first-order valence-corrected chi connectivity index (χ1v) is 8.26. The summed E-state index contributed by atoms with van der Waals surface area (Å²) in [6, 6.07) is 3.94. The Bertz CT molecular complexity index is 817. The van der Waals surface area contributed by atoms with Crippen LogP contribution in [0, 0.1) is 5.82 Å². The van der Waals surface area contributed by atoms with Crippen LogP contribution in [0.25, 0.3) is 0 Å². The van der Waals surface area contributed by atoms with Crippen LogP contribution in [-0.2, 0) is 11.2 Å². The van der Waals surface area contributed by atoms with E-state index in [2.05, 4.69) is 26.3 Å². The quantitative estimate of drug-likeness (QED) is 0.379. The predicted molar refractivity (Wildman–Crippen MR) is 103 cm³/mol. The standard InChI is InChI=1S/C22H23F3O2/c1-6-27-17(5)22(25)21(24)16(4)15(3)9-7-14(2)8-10-18-11-12-19(26)13-20(18)23/h7,9,11-13,26H,2-6,8,10H2,1H3/b9-7-,22-21-. The maximum atomic E-state index is 14.1. The molecule has 2 nitrogen and oxygen atoms in total. The molecule has 1 rings (SSSR count). The monoisotopic (exact) mass is 376 g/mol. The number of phenols is 1. The van der Waals surface area contributed by atoms with E-state index in [-0.39, 0.29) is 23.5 Å². The molecule has 1 aromatic carbocycles. The molecule has 0 atom stereocenters. The number of phenolic OH excluding ortho intramolecular Hbond substituents is 1. The fourth-order valence-electron chi connectivity index (χ4n) is 2.07. The van der Waals surface area contributed by atoms with Gasteiger partial charge in [-0.25, -0.2) is 8.78 Å². The van der Waals surface area contributed by atoms with Gasteiger partial charge in [0.1, 0.15) is 11.6 Å². The summed E-state index contributed by atoms with van der Waals surface area (Å²) < 4.78 is 46.4. The highest BCUT2D eigenvalue weighted by atomic mass is 19.2. The molecule has 0 aromatic heterocycles. The average molecular weight is 376 g/mol. The normalized spacial score (nSPS) is 11.9. The molecule has 0 saturated carbocycles. The van der Waals surface area contributed by atoms with E-state index in [1.54, 1.807) is 13.0 Å². The topological polar surface area (TPSA) is 29.5 Å². The maximum absolute atomic E-state index is 14.1. The van der Waals surface area contributed by atoms with Crippen molar-refractivity contribution >= 4 is 0 Å². The Hall–Kier alpha value is -2.95. The van der Waals surface area contributed by atoms with E-state index in [1.807, 2.05) is 0 Å². The molecule has 1 aromatic rings. The molecule has 0 spiro atoms. The second kappa shape index (κ2) is 10.3. The molecule has 1 N–H and O–H groups in total. The van der Waals surface area contributed by atoms with Crippen LogP contribution in [0.15, 0.2) is 90.8 Å². The molecule has 0 heterocycles. The summed E-state index contributed by atoms with van der Waals surface area (Å²) in [7, 11) is 0. The van der Waals surface area contributed by atoms with E-state index in [9.17, 15) is 18.3 Å². The summed E-state index contributed by atoms with van der Waals surface area (Å²) in [6.07, 6.45) is 3.84. The first-order valence-electron chi connectivity index (χ1n) is 8.26. The number of hydrogen-bond acceptors (Lipinski definition) is 2. The summed E-state index contributed by atoms with van der Waals surface area (Å²) in [5.74, 6) is -3.47. The van der Waals surface area contributed by atoms with Crippen molar-refractivity contribution in [2.75, 3.05) is 6.61 Å². The molecule has 0 fully saturated rings. The number of rotatable bonds is 10. The van der Waals surface area contributed by atoms with Crippen molar-refractivity contribution < 1.29 is 23.0 Å². The van der Waals surface area contributed by atoms with Crippen molar-refractivity contribution in [1.82, 2.24) is 0 Å². The van der Waals surface area contributed by atoms with Crippen molar-refractivity contribution in [2.45, 2.75) is 19.8 Å². The van der Waals surface area contributed by atoms with Gasteiger partial charge in [0.2, 0.25) is 5.83 Å². The first kappa shape index (κ1) is 22.1. The lowest BCUT2D eigenvalue weighted by atomic mass is 10.0. The van der Waals surface area contributed by atoms with E-state index >= 15 is 0 Å². The third-order valence-electron chi connectivity index (χ3n) is 3.68. The summed E-state index contributed by atoms with van der Waals surface area (Å²) in [4.78, 5) is 0. The van der Waals surface area contributed by atoms with E-state index in [0.717, 1.165) is 6.07 Å². The lowest BCUT2D eigenvalue weighted by molar-refractivity contribution is 0.224. The molecule has 0 bridgehead atoms. The molecular weight excluding hydrogens is 353 g/mol. The second-order valence-corrected chi connectivity index (χ2v) is 5.76. The van der Waals surface area contributed by atoms with Gasteiger partial charge in [-0.3, -0.25) is 0 Å². The molecule has 0 aliphatic heterocycles. The summed E-state index contributed by atoms with van der Waals surface area (Å²) >= 11 is 0. The van der Waals surface area contributed by atoms with E-state index in [1.165, 1.54) is 18.2 Å². The molecule has 0 aliphatic rings. The van der Waals surface area contributed by atoms with Crippen LogP contribution in [0.2, 0.25) is 0 Å². The van der Waals surface area contributed by atoms with E-state index in [4.69, 9.17) is 4.74 Å². The molecule has 5 heteroatoms. The van der Waals surface area contributed by atoms with Crippen LogP contribution in [0.1, 0.15) is 18.9 Å². The van der Waals surface area contributed by atoms with Crippen LogP contribution in [0.4, 0.5) is 13.2 Å². The Kier molecular flexibility index (Phi) is 8.39. The Morgan fingerprint density at radius 1 is 1.11 bits per heavy atom. The van der Waals surface area contributed by atoms with Crippen LogP contribution >= 0.6 is 0 Å². The summed E-state index contributed by atoms with van der Waals surface area (Å²) in [5, 5.41) is 9.20. The maximum Gasteiger partial charge on any atom is 0.200 e. The third kappa shape index (κ3) is 6.70. The minimum atomic E-state index is -1.22. The van der Waals surface area contributed by atoms with Gasteiger partial charge in [-0.1, -0.05) is 50.1 Å². The van der Waals surface area contributed by atoms with Gasteiger partial charge in [0, 0.05) is 11.6 Å². The van der Waals surface area contributed by atoms with Crippen molar-refractivity contribution in [3.05, 3.63) is 102 Å². The van der Waals surface area contributed by atoms with Gasteiger partial charge < -0.3 is 9.84 Å². The molecular formula is C22H23F3O2. The number of aryl methyl sites for hydroxylation is 1. The summed E-state index contributed by atoms with van der Waals surface area (Å²) in [6.45, 7) is 16.1. The third-order valence-corrected chi connectivity index (χ3v) is 3.68. The van der Waals surface area contributed by atoms with Crippen LogP contribution < -0.4 is 0 Å². The number of allylic oxidation sites excluding steroid dienone is 7. The Morgan fingerprint density at radius 3 is 2.37 bits per heavy atom. The van der Waals surface area contributed by atoms with Gasteiger partial charge in [-0.2, -0.15) is 4.39 Å². The van der Waals surface area contributed by atoms with Gasteiger partial charge >= 0.3 is 0 Å². The molecule has 0 unspecified atom stereocenters. The lowest BCUT2D eigenvalue weighted by Crippen LogP contribution is -1.95. The fraction of sp³-hybridized carbons (Fsp3) is 0.182. The molecule has 0 aliphatic carbocycles. The highest BCUT2D eigenvalue weighted by Crippen LogP contribution is 2.27. The van der Waals surface area contributed by atoms with Gasteiger partial charge in [-0.05, 0) is 37.0 Å².